The van der Waals surface area contributed by atoms with Gasteiger partial charge in [-0.3, -0.25) is 14.6 Å². The fourth-order valence-electron chi connectivity index (χ4n) is 3.21. The van der Waals surface area contributed by atoms with Gasteiger partial charge in [0.1, 0.15) is 6.04 Å². The highest BCUT2D eigenvalue weighted by atomic mass is 16.2. The molecule has 2 aromatic carbocycles. The monoisotopic (exact) mass is 387 g/mol. The summed E-state index contributed by atoms with van der Waals surface area (Å²) in [5, 5.41) is 2.98. The predicted molar refractivity (Wildman–Crippen MR) is 113 cm³/mol. The fourth-order valence-corrected chi connectivity index (χ4v) is 3.21. The molecule has 1 N–H and O–H groups in total. The van der Waals surface area contributed by atoms with E-state index in [0.717, 1.165) is 16.7 Å². The van der Waals surface area contributed by atoms with E-state index >= 15 is 0 Å². The molecule has 3 aromatic rings. The molecule has 0 saturated carbocycles. The van der Waals surface area contributed by atoms with Crippen molar-refractivity contribution in [1.82, 2.24) is 15.2 Å². The van der Waals surface area contributed by atoms with Crippen LogP contribution in [-0.4, -0.2) is 27.7 Å². The summed E-state index contributed by atoms with van der Waals surface area (Å²) in [4.78, 5) is 31.3. The Morgan fingerprint density at radius 3 is 2.03 bits per heavy atom. The van der Waals surface area contributed by atoms with Crippen LogP contribution in [0.1, 0.15) is 23.6 Å². The van der Waals surface area contributed by atoms with Gasteiger partial charge in [-0.1, -0.05) is 60.7 Å². The molecule has 0 bridgehead atoms. The first-order valence-corrected chi connectivity index (χ1v) is 9.65. The normalized spacial score (nSPS) is 11.5. The van der Waals surface area contributed by atoms with E-state index in [0.29, 0.717) is 19.5 Å². The largest absolute Gasteiger partial charge is 0.350 e. The molecule has 3 rings (SSSR count). The van der Waals surface area contributed by atoms with Crippen molar-refractivity contribution in [3.05, 3.63) is 102 Å². The van der Waals surface area contributed by atoms with E-state index in [1.54, 1.807) is 17.3 Å². The van der Waals surface area contributed by atoms with Crippen LogP contribution in [0.15, 0.2) is 85.2 Å². The number of benzene rings is 2. The number of amides is 2. The predicted octanol–water partition coefficient (Wildman–Crippen LogP) is 3.36. The van der Waals surface area contributed by atoms with Crippen molar-refractivity contribution in [1.29, 1.82) is 0 Å². The molecule has 1 atom stereocenters. The van der Waals surface area contributed by atoms with Crippen LogP contribution in [0.2, 0.25) is 0 Å². The molecule has 148 valence electrons. The Kier molecular flexibility index (Phi) is 7.11. The van der Waals surface area contributed by atoms with Crippen LogP contribution in [0.3, 0.4) is 0 Å². The van der Waals surface area contributed by atoms with Gasteiger partial charge in [0.05, 0.1) is 0 Å². The molecule has 2 amide bonds. The zero-order chi connectivity index (χ0) is 20.5. The van der Waals surface area contributed by atoms with E-state index in [2.05, 4.69) is 10.3 Å². The van der Waals surface area contributed by atoms with Crippen molar-refractivity contribution >= 4 is 11.8 Å². The van der Waals surface area contributed by atoms with E-state index in [9.17, 15) is 9.59 Å². The Morgan fingerprint density at radius 2 is 1.45 bits per heavy atom. The number of hydrogen-bond acceptors (Lipinski definition) is 3. The maximum atomic E-state index is 13.1. The summed E-state index contributed by atoms with van der Waals surface area (Å²) in [6.07, 6.45) is 3.84. The molecule has 1 heterocycles. The van der Waals surface area contributed by atoms with Gasteiger partial charge in [-0.25, -0.2) is 0 Å². The van der Waals surface area contributed by atoms with Gasteiger partial charge in [-0.15, -0.1) is 0 Å². The second-order valence-electron chi connectivity index (χ2n) is 6.91. The number of nitrogens with one attached hydrogen (secondary N) is 1. The summed E-state index contributed by atoms with van der Waals surface area (Å²) >= 11 is 0. The molecule has 0 saturated heterocycles. The second kappa shape index (κ2) is 10.2. The molecule has 0 spiro atoms. The van der Waals surface area contributed by atoms with Gasteiger partial charge in [-0.2, -0.15) is 0 Å². The van der Waals surface area contributed by atoms with E-state index in [4.69, 9.17) is 0 Å². The van der Waals surface area contributed by atoms with Crippen LogP contribution < -0.4 is 5.32 Å². The molecule has 5 heteroatoms. The summed E-state index contributed by atoms with van der Waals surface area (Å²) in [7, 11) is 0. The first kappa shape index (κ1) is 20.3. The van der Waals surface area contributed by atoms with Crippen LogP contribution in [0, 0.1) is 0 Å². The van der Waals surface area contributed by atoms with Gasteiger partial charge >= 0.3 is 0 Å². The standard InChI is InChI=1S/C24H25N3O2/c1-19(28)27(18-22-10-6-3-7-11-22)23(16-20-8-4-2-5-9-20)24(29)26-17-21-12-14-25-15-13-21/h2-15,23H,16-18H2,1H3,(H,26,29)/t23-/m0/s1. The molecule has 1 aromatic heterocycles. The second-order valence-corrected chi connectivity index (χ2v) is 6.91. The molecule has 0 aliphatic carbocycles. The molecule has 5 nitrogen and oxygen atoms in total. The molecule has 0 radical (unpaired) electrons. The van der Waals surface area contributed by atoms with Crippen molar-refractivity contribution in [2.75, 3.05) is 0 Å². The minimum absolute atomic E-state index is 0.131. The van der Waals surface area contributed by atoms with Gasteiger partial charge in [-0.05, 0) is 28.8 Å². The minimum Gasteiger partial charge on any atom is -0.350 e. The zero-order valence-electron chi connectivity index (χ0n) is 16.5. The van der Waals surface area contributed by atoms with Gasteiger partial charge in [0.15, 0.2) is 0 Å². The smallest absolute Gasteiger partial charge is 0.243 e. The molecule has 0 fully saturated rings. The Hall–Kier alpha value is -3.47. The van der Waals surface area contributed by atoms with Crippen molar-refractivity contribution in [2.24, 2.45) is 0 Å². The molecule has 0 unspecified atom stereocenters. The molecule has 0 aliphatic heterocycles. The third-order valence-electron chi connectivity index (χ3n) is 4.77. The van der Waals surface area contributed by atoms with E-state index in [1.165, 1.54) is 6.92 Å². The summed E-state index contributed by atoms with van der Waals surface area (Å²) in [5.41, 5.74) is 2.96. The van der Waals surface area contributed by atoms with Crippen molar-refractivity contribution < 1.29 is 9.59 Å². The third-order valence-corrected chi connectivity index (χ3v) is 4.77. The summed E-state index contributed by atoms with van der Waals surface area (Å²) in [6.45, 7) is 2.29. The molecule has 29 heavy (non-hydrogen) atoms. The topological polar surface area (TPSA) is 62.3 Å². The van der Waals surface area contributed by atoms with Crippen molar-refractivity contribution in [2.45, 2.75) is 32.5 Å². The minimum atomic E-state index is -0.600. The van der Waals surface area contributed by atoms with Crippen LogP contribution in [-0.2, 0) is 29.1 Å². The van der Waals surface area contributed by atoms with E-state index in [1.807, 2.05) is 72.8 Å². The zero-order valence-corrected chi connectivity index (χ0v) is 16.5. The number of nitrogens with zero attached hydrogens (tertiary/aromatic N) is 2. The lowest BCUT2D eigenvalue weighted by Gasteiger charge is -2.30. The summed E-state index contributed by atoms with van der Waals surface area (Å²) in [5.74, 6) is -0.300. The Morgan fingerprint density at radius 1 is 0.862 bits per heavy atom. The highest BCUT2D eigenvalue weighted by molar-refractivity contribution is 5.87. The maximum Gasteiger partial charge on any atom is 0.243 e. The van der Waals surface area contributed by atoms with E-state index < -0.39 is 6.04 Å². The highest BCUT2D eigenvalue weighted by Crippen LogP contribution is 2.15. The van der Waals surface area contributed by atoms with Gasteiger partial charge < -0.3 is 10.2 Å². The SMILES string of the molecule is CC(=O)N(Cc1ccccc1)[C@@H](Cc1ccccc1)C(=O)NCc1ccncc1. The molecular weight excluding hydrogens is 362 g/mol. The lowest BCUT2D eigenvalue weighted by Crippen LogP contribution is -2.49. The van der Waals surface area contributed by atoms with Crippen LogP contribution >= 0.6 is 0 Å². The highest BCUT2D eigenvalue weighted by Gasteiger charge is 2.28. The average Bonchev–Trinajstić information content (AvgIpc) is 2.76. The fraction of sp³-hybridized carbons (Fsp3) is 0.208. The van der Waals surface area contributed by atoms with Crippen LogP contribution in [0.25, 0.3) is 0 Å². The van der Waals surface area contributed by atoms with Crippen molar-refractivity contribution in [3.63, 3.8) is 0 Å². The number of pyridine rings is 1. The van der Waals surface area contributed by atoms with Gasteiger partial charge in [0.2, 0.25) is 11.8 Å². The quantitative estimate of drug-likeness (QED) is 0.645. The van der Waals surface area contributed by atoms with Crippen molar-refractivity contribution in [3.8, 4) is 0 Å². The summed E-state index contributed by atoms with van der Waals surface area (Å²) in [6, 6.07) is 22.6. The number of aromatic nitrogens is 1. The average molecular weight is 387 g/mol. The van der Waals surface area contributed by atoms with E-state index in [-0.39, 0.29) is 11.8 Å². The number of carbonyl (C=O) groups excluding carboxylic acids is 2. The number of rotatable bonds is 8. The maximum absolute atomic E-state index is 13.1. The number of hydrogen-bond donors (Lipinski definition) is 1. The third kappa shape index (κ3) is 6.01. The Balaban J connectivity index is 1.81. The first-order chi connectivity index (χ1) is 14.1. The molecular formula is C24H25N3O2. The summed E-state index contributed by atoms with van der Waals surface area (Å²) < 4.78 is 0. The van der Waals surface area contributed by atoms with Gasteiger partial charge in [0, 0.05) is 38.8 Å². The lowest BCUT2D eigenvalue weighted by atomic mass is 10.0. The van der Waals surface area contributed by atoms with Gasteiger partial charge in [0.25, 0.3) is 0 Å². The number of carbonyl (C=O) groups is 2. The van der Waals surface area contributed by atoms with Crippen LogP contribution in [0.4, 0.5) is 0 Å². The Labute approximate surface area is 171 Å². The van der Waals surface area contributed by atoms with Crippen LogP contribution in [0.5, 0.6) is 0 Å². The lowest BCUT2D eigenvalue weighted by molar-refractivity contribution is -0.139. The first-order valence-electron chi connectivity index (χ1n) is 9.65. The Bertz CT molecular complexity index is 915. The molecule has 0 aliphatic rings.